The van der Waals surface area contributed by atoms with Gasteiger partial charge in [0.15, 0.2) is 11.6 Å². The van der Waals surface area contributed by atoms with Crippen molar-refractivity contribution in [1.82, 2.24) is 30.1 Å². The monoisotopic (exact) mass is 409 g/mol. The molecule has 4 aromatic rings. The fourth-order valence-corrected chi connectivity index (χ4v) is 4.70. The third-order valence-electron chi connectivity index (χ3n) is 6.18. The van der Waals surface area contributed by atoms with Crippen LogP contribution >= 0.6 is 0 Å². The van der Waals surface area contributed by atoms with E-state index in [0.717, 1.165) is 67.4 Å². The Kier molecular flexibility index (Phi) is 4.44. The van der Waals surface area contributed by atoms with Crippen molar-refractivity contribution in [3.8, 4) is 22.9 Å². The molecule has 0 bridgehead atoms. The Morgan fingerprint density at radius 1 is 0.871 bits per heavy atom. The Balaban J connectivity index is 1.39. The van der Waals surface area contributed by atoms with Crippen molar-refractivity contribution in [3.63, 3.8) is 0 Å². The molecule has 1 aliphatic carbocycles. The zero-order chi connectivity index (χ0) is 20.6. The summed E-state index contributed by atoms with van der Waals surface area (Å²) < 4.78 is 0. The normalized spacial score (nSPS) is 17.8. The van der Waals surface area contributed by atoms with Gasteiger partial charge in [-0.2, -0.15) is 5.10 Å². The quantitative estimate of drug-likeness (QED) is 0.545. The molecule has 0 spiro atoms. The number of hydrogen-bond acceptors (Lipinski definition) is 6. The van der Waals surface area contributed by atoms with E-state index >= 15 is 0 Å². The topological polar surface area (TPSA) is 83.5 Å². The van der Waals surface area contributed by atoms with Gasteiger partial charge >= 0.3 is 0 Å². The Labute approximate surface area is 180 Å². The largest absolute Gasteiger partial charge is 0.346 e. The summed E-state index contributed by atoms with van der Waals surface area (Å²) in [5.41, 5.74) is 4.29. The van der Waals surface area contributed by atoms with E-state index in [9.17, 15) is 0 Å². The Morgan fingerprint density at radius 3 is 2.65 bits per heavy atom. The zero-order valence-corrected chi connectivity index (χ0v) is 17.2. The van der Waals surface area contributed by atoms with Crippen LogP contribution < -0.4 is 4.90 Å². The minimum Gasteiger partial charge on any atom is -0.346 e. The summed E-state index contributed by atoms with van der Waals surface area (Å²) in [4.78, 5) is 21.6. The molecule has 0 saturated carbocycles. The molecule has 1 aromatic carbocycles. The maximum absolute atomic E-state index is 5.03. The number of anilines is 1. The Hall–Kier alpha value is -3.61. The van der Waals surface area contributed by atoms with Gasteiger partial charge in [0.25, 0.3) is 0 Å². The maximum atomic E-state index is 5.03. The summed E-state index contributed by atoms with van der Waals surface area (Å²) in [6.07, 6.45) is 7.09. The van der Waals surface area contributed by atoms with Gasteiger partial charge in [-0.15, -0.1) is 0 Å². The second-order valence-corrected chi connectivity index (χ2v) is 8.13. The smallest absolute Gasteiger partial charge is 0.181 e. The first-order valence-electron chi connectivity index (χ1n) is 10.9. The summed E-state index contributed by atoms with van der Waals surface area (Å²) >= 11 is 0. The van der Waals surface area contributed by atoms with Gasteiger partial charge in [-0.25, -0.2) is 15.0 Å². The summed E-state index contributed by atoms with van der Waals surface area (Å²) in [6.45, 7) is 0.956. The molecule has 2 aliphatic rings. The second kappa shape index (κ2) is 7.58. The molecule has 31 heavy (non-hydrogen) atoms. The summed E-state index contributed by atoms with van der Waals surface area (Å²) in [6, 6.07) is 16.1. The molecular weight excluding hydrogens is 386 g/mol. The molecule has 1 fully saturated rings. The minimum absolute atomic E-state index is 0.140. The highest BCUT2D eigenvalue weighted by Crippen LogP contribution is 2.39. The van der Waals surface area contributed by atoms with Gasteiger partial charge in [0.05, 0.1) is 6.04 Å². The van der Waals surface area contributed by atoms with E-state index in [0.29, 0.717) is 5.82 Å². The van der Waals surface area contributed by atoms with Crippen LogP contribution in [0.25, 0.3) is 22.9 Å². The first kappa shape index (κ1) is 18.2. The zero-order valence-electron chi connectivity index (χ0n) is 17.2. The number of aromatic nitrogens is 6. The number of fused-ring (bicyclic) bond motifs is 1. The first-order valence-corrected chi connectivity index (χ1v) is 10.9. The number of H-pyrrole nitrogens is 1. The van der Waals surface area contributed by atoms with E-state index in [1.54, 1.807) is 6.20 Å². The molecule has 7 nitrogen and oxygen atoms in total. The highest BCUT2D eigenvalue weighted by atomic mass is 15.3. The second-order valence-electron chi connectivity index (χ2n) is 8.13. The average molecular weight is 409 g/mol. The Morgan fingerprint density at radius 2 is 1.77 bits per heavy atom. The van der Waals surface area contributed by atoms with Crippen molar-refractivity contribution < 1.29 is 0 Å². The molecule has 7 heteroatoms. The number of aryl methyl sites for hydroxylation is 1. The Bertz CT molecular complexity index is 1200. The van der Waals surface area contributed by atoms with Crippen molar-refractivity contribution in [2.75, 3.05) is 11.4 Å². The van der Waals surface area contributed by atoms with Crippen LogP contribution in [0.4, 0.5) is 5.82 Å². The van der Waals surface area contributed by atoms with Crippen LogP contribution in [0.5, 0.6) is 0 Å². The van der Waals surface area contributed by atoms with Crippen LogP contribution in [0, 0.1) is 0 Å². The average Bonchev–Trinajstić information content (AvgIpc) is 3.59. The van der Waals surface area contributed by atoms with Gasteiger partial charge in [-0.3, -0.25) is 10.1 Å². The van der Waals surface area contributed by atoms with Crippen LogP contribution in [0.15, 0.2) is 54.7 Å². The predicted molar refractivity (Wildman–Crippen MR) is 118 cm³/mol. The molecule has 3 aromatic heterocycles. The van der Waals surface area contributed by atoms with Crippen molar-refractivity contribution in [2.24, 2.45) is 0 Å². The van der Waals surface area contributed by atoms with Crippen molar-refractivity contribution in [1.29, 1.82) is 0 Å². The third kappa shape index (κ3) is 3.26. The summed E-state index contributed by atoms with van der Waals surface area (Å²) in [5, 5.41) is 7.69. The van der Waals surface area contributed by atoms with E-state index in [-0.39, 0.29) is 6.04 Å². The predicted octanol–water partition coefficient (Wildman–Crippen LogP) is 4.15. The molecule has 1 aliphatic heterocycles. The maximum Gasteiger partial charge on any atom is 0.181 e. The molecule has 6 rings (SSSR count). The van der Waals surface area contributed by atoms with Crippen LogP contribution in [-0.2, 0) is 12.8 Å². The van der Waals surface area contributed by atoms with Gasteiger partial charge < -0.3 is 4.90 Å². The van der Waals surface area contributed by atoms with Crippen molar-refractivity contribution in [3.05, 3.63) is 71.8 Å². The van der Waals surface area contributed by atoms with E-state index in [1.165, 1.54) is 11.3 Å². The van der Waals surface area contributed by atoms with Gasteiger partial charge in [0.1, 0.15) is 17.3 Å². The molecule has 1 atom stereocenters. The number of rotatable bonds is 4. The molecule has 1 saturated heterocycles. The number of nitrogens with zero attached hydrogens (tertiary/aromatic N) is 6. The fourth-order valence-electron chi connectivity index (χ4n) is 4.70. The van der Waals surface area contributed by atoms with Crippen LogP contribution in [0.1, 0.15) is 42.4 Å². The van der Waals surface area contributed by atoms with Gasteiger partial charge in [0, 0.05) is 29.6 Å². The SMILES string of the molecule is c1ccc(-c2n[nH]c([C@@H]3CCCN3c3nc(-c4ccccn4)nc4c3CCC4)n2)cc1. The third-order valence-corrected chi connectivity index (χ3v) is 6.18. The molecular formula is C24H23N7. The minimum atomic E-state index is 0.140. The van der Waals surface area contributed by atoms with Crippen LogP contribution in [0.3, 0.4) is 0 Å². The lowest BCUT2D eigenvalue weighted by atomic mass is 10.1. The molecule has 0 amide bonds. The number of aromatic amines is 1. The van der Waals surface area contributed by atoms with E-state index < -0.39 is 0 Å². The van der Waals surface area contributed by atoms with Gasteiger partial charge in [0.2, 0.25) is 0 Å². The highest BCUT2D eigenvalue weighted by molar-refractivity contribution is 5.60. The van der Waals surface area contributed by atoms with Crippen molar-refractivity contribution >= 4 is 5.82 Å². The van der Waals surface area contributed by atoms with Crippen molar-refractivity contribution in [2.45, 2.75) is 38.1 Å². The van der Waals surface area contributed by atoms with Gasteiger partial charge in [-0.05, 0) is 44.2 Å². The molecule has 0 unspecified atom stereocenters. The standard InChI is InChI=1S/C24H23N7/c1-2-8-16(9-3-1)21-27-23(30-29-21)20-13-7-15-31(20)24-17-10-6-12-18(17)26-22(28-24)19-11-4-5-14-25-19/h1-5,8-9,11,14,20H,6-7,10,12-13,15H2,(H,27,29,30)/t20-/m0/s1. The number of hydrogen-bond donors (Lipinski definition) is 1. The number of benzene rings is 1. The van der Waals surface area contributed by atoms with E-state index in [1.807, 2.05) is 48.5 Å². The summed E-state index contributed by atoms with van der Waals surface area (Å²) in [7, 11) is 0. The number of nitrogens with one attached hydrogen (secondary N) is 1. The lowest BCUT2D eigenvalue weighted by Gasteiger charge is -2.26. The van der Waals surface area contributed by atoms with Gasteiger partial charge in [-0.1, -0.05) is 36.4 Å². The van der Waals surface area contributed by atoms with E-state index in [4.69, 9.17) is 15.0 Å². The highest BCUT2D eigenvalue weighted by Gasteiger charge is 2.33. The molecule has 1 N–H and O–H groups in total. The summed E-state index contributed by atoms with van der Waals surface area (Å²) in [5.74, 6) is 3.40. The van der Waals surface area contributed by atoms with Crippen LogP contribution in [-0.4, -0.2) is 36.7 Å². The molecule has 154 valence electrons. The molecule has 4 heterocycles. The van der Waals surface area contributed by atoms with E-state index in [2.05, 4.69) is 20.1 Å². The lowest BCUT2D eigenvalue weighted by Crippen LogP contribution is -2.26. The number of pyridine rings is 1. The van der Waals surface area contributed by atoms with Crippen LogP contribution in [0.2, 0.25) is 0 Å². The first-order chi connectivity index (χ1) is 15.4. The fraction of sp³-hybridized carbons (Fsp3) is 0.292. The molecule has 0 radical (unpaired) electrons. The lowest BCUT2D eigenvalue weighted by molar-refractivity contribution is 0.661.